The number of imide groups is 2. The lowest BCUT2D eigenvalue weighted by molar-refractivity contribution is 0.0251. The quantitative estimate of drug-likeness (QED) is 0.182. The molecule has 3 aliphatic heterocycles. The number of cyclic esters (lactones) is 1. The molecule has 0 unspecified atom stereocenters. The highest BCUT2D eigenvalue weighted by molar-refractivity contribution is 6.35. The van der Waals surface area contributed by atoms with Crippen LogP contribution in [0.15, 0.2) is 109 Å². The van der Waals surface area contributed by atoms with Crippen molar-refractivity contribution in [1.82, 2.24) is 0 Å². The van der Waals surface area contributed by atoms with Crippen molar-refractivity contribution in [1.29, 1.82) is 0 Å². The fraction of sp³-hybridized carbons (Fsp3) is 0.0263. The van der Waals surface area contributed by atoms with Crippen LogP contribution in [0, 0.1) is 0 Å². The highest BCUT2D eigenvalue weighted by atomic mass is 16.6. The number of hydrogen-bond acceptors (Lipinski definition) is 8. The summed E-state index contributed by atoms with van der Waals surface area (Å²) < 4.78 is 6.13. The number of carbonyl (C=O) groups excluding carboxylic acids is 5. The maximum atomic E-state index is 13.3. The number of carboxylic acid groups (broad SMARTS) is 2. The van der Waals surface area contributed by atoms with Gasteiger partial charge in [0.25, 0.3) is 23.6 Å². The van der Waals surface area contributed by atoms with Crippen molar-refractivity contribution < 1.29 is 48.5 Å². The standard InChI is InChI=1S/C38H20N2O10/c41-31-25-15-5-19(35(45)46)17-28(25)33(43)39(31)23-11-7-21(8-12-23)38(30-4-2-1-3-27(30)37(49)50-38)22-9-13-24(14-10-22)40-32(42)26-16-6-20(36(47)48)18-29(26)34(40)44/h1-18H,(H,45,46)(H,47,48). The predicted molar refractivity (Wildman–Crippen MR) is 174 cm³/mol. The van der Waals surface area contributed by atoms with Crippen LogP contribution in [0.25, 0.3) is 0 Å². The fourth-order valence-electron chi connectivity index (χ4n) is 6.72. The Kier molecular flexibility index (Phi) is 6.42. The van der Waals surface area contributed by atoms with Crippen LogP contribution in [0.5, 0.6) is 0 Å². The zero-order valence-electron chi connectivity index (χ0n) is 25.4. The van der Waals surface area contributed by atoms with Gasteiger partial charge in [-0.15, -0.1) is 0 Å². The van der Waals surface area contributed by atoms with E-state index in [4.69, 9.17) is 4.74 Å². The Bertz CT molecular complexity index is 2280. The molecular weight excluding hydrogens is 644 g/mol. The maximum Gasteiger partial charge on any atom is 0.340 e. The third-order valence-electron chi connectivity index (χ3n) is 9.10. The summed E-state index contributed by atoms with van der Waals surface area (Å²) in [5, 5.41) is 18.7. The van der Waals surface area contributed by atoms with E-state index in [9.17, 15) is 43.8 Å². The summed E-state index contributed by atoms with van der Waals surface area (Å²) in [5.74, 6) is -5.68. The number of ether oxygens (including phenoxy) is 1. The molecule has 5 aromatic rings. The Morgan fingerprint density at radius 2 is 0.920 bits per heavy atom. The first-order valence-corrected chi connectivity index (χ1v) is 15.1. The first-order valence-electron chi connectivity index (χ1n) is 15.1. The number of nitrogens with zero attached hydrogens (tertiary/aromatic N) is 2. The number of benzene rings is 5. The van der Waals surface area contributed by atoms with Gasteiger partial charge in [0.2, 0.25) is 0 Å². The van der Waals surface area contributed by atoms with E-state index in [1.165, 1.54) is 48.5 Å². The number of fused-ring (bicyclic) bond motifs is 3. The second-order valence-corrected chi connectivity index (χ2v) is 11.7. The molecule has 0 saturated carbocycles. The molecule has 12 nitrogen and oxygen atoms in total. The number of carbonyl (C=O) groups is 7. The number of amides is 4. The van der Waals surface area contributed by atoms with Gasteiger partial charge in [0.1, 0.15) is 0 Å². The third kappa shape index (κ3) is 4.15. The van der Waals surface area contributed by atoms with Gasteiger partial charge in [-0.1, -0.05) is 42.5 Å². The van der Waals surface area contributed by atoms with E-state index in [1.54, 1.807) is 48.5 Å². The lowest BCUT2D eigenvalue weighted by atomic mass is 9.80. The Hall–Kier alpha value is -7.21. The van der Waals surface area contributed by atoms with Crippen molar-refractivity contribution in [2.75, 3.05) is 9.80 Å². The minimum Gasteiger partial charge on any atom is -0.478 e. The summed E-state index contributed by atoms with van der Waals surface area (Å²) in [4.78, 5) is 91.1. The van der Waals surface area contributed by atoms with Crippen molar-refractivity contribution in [2.24, 2.45) is 0 Å². The largest absolute Gasteiger partial charge is 0.478 e. The number of esters is 1. The van der Waals surface area contributed by atoms with Crippen molar-refractivity contribution in [3.63, 3.8) is 0 Å². The van der Waals surface area contributed by atoms with Gasteiger partial charge >= 0.3 is 17.9 Å². The molecule has 50 heavy (non-hydrogen) atoms. The molecule has 12 heteroatoms. The van der Waals surface area contributed by atoms with Crippen molar-refractivity contribution >= 4 is 52.9 Å². The van der Waals surface area contributed by atoms with Crippen LogP contribution < -0.4 is 9.80 Å². The van der Waals surface area contributed by atoms with Crippen molar-refractivity contribution in [3.8, 4) is 0 Å². The molecular formula is C38H20N2O10. The van der Waals surface area contributed by atoms with Gasteiger partial charge in [-0.05, 0) is 66.7 Å². The average Bonchev–Trinajstić information content (AvgIpc) is 3.67. The molecule has 242 valence electrons. The first kappa shape index (κ1) is 30.1. The molecule has 0 spiro atoms. The van der Waals surface area contributed by atoms with Crippen LogP contribution in [0.2, 0.25) is 0 Å². The third-order valence-corrected chi connectivity index (χ3v) is 9.10. The van der Waals surface area contributed by atoms with Gasteiger partial charge in [-0.25, -0.2) is 24.2 Å². The molecule has 0 aromatic heterocycles. The summed E-state index contributed by atoms with van der Waals surface area (Å²) in [6.07, 6.45) is 0. The predicted octanol–water partition coefficient (Wildman–Crippen LogP) is 5.15. The van der Waals surface area contributed by atoms with Gasteiger partial charge in [0, 0.05) is 16.7 Å². The summed E-state index contributed by atoms with van der Waals surface area (Å²) in [7, 11) is 0. The molecule has 0 bridgehead atoms. The molecule has 5 aromatic carbocycles. The summed E-state index contributed by atoms with van der Waals surface area (Å²) in [6, 6.07) is 26.7. The average molecular weight is 665 g/mol. The van der Waals surface area contributed by atoms with Crippen LogP contribution >= 0.6 is 0 Å². The molecule has 2 N–H and O–H groups in total. The topological polar surface area (TPSA) is 176 Å². The lowest BCUT2D eigenvalue weighted by Gasteiger charge is -2.31. The molecule has 3 heterocycles. The van der Waals surface area contributed by atoms with Gasteiger partial charge in [-0.3, -0.25) is 19.2 Å². The smallest absolute Gasteiger partial charge is 0.340 e. The highest BCUT2D eigenvalue weighted by Crippen LogP contribution is 2.48. The minimum absolute atomic E-state index is 0.0328. The highest BCUT2D eigenvalue weighted by Gasteiger charge is 2.49. The fourth-order valence-corrected chi connectivity index (χ4v) is 6.72. The van der Waals surface area contributed by atoms with E-state index >= 15 is 0 Å². The monoisotopic (exact) mass is 664 g/mol. The second kappa shape index (κ2) is 10.7. The zero-order chi connectivity index (χ0) is 35.1. The van der Waals surface area contributed by atoms with Crippen LogP contribution in [-0.4, -0.2) is 51.7 Å². The Labute approximate surface area is 281 Å². The Morgan fingerprint density at radius 1 is 0.500 bits per heavy atom. The van der Waals surface area contributed by atoms with E-state index in [2.05, 4.69) is 0 Å². The molecule has 0 fully saturated rings. The van der Waals surface area contributed by atoms with E-state index in [1.807, 2.05) is 0 Å². The number of carboxylic acids is 2. The van der Waals surface area contributed by atoms with Gasteiger partial charge in [-0.2, -0.15) is 0 Å². The normalized spacial score (nSPS) is 15.6. The molecule has 8 rings (SSSR count). The molecule has 4 amide bonds. The minimum atomic E-state index is -1.51. The Morgan fingerprint density at radius 3 is 1.36 bits per heavy atom. The summed E-state index contributed by atoms with van der Waals surface area (Å²) in [6.45, 7) is 0. The number of aromatic carboxylic acids is 2. The number of anilines is 2. The van der Waals surface area contributed by atoms with Gasteiger partial charge in [0.05, 0.1) is 50.3 Å². The first-order chi connectivity index (χ1) is 24.0. The van der Waals surface area contributed by atoms with Crippen LogP contribution in [-0.2, 0) is 10.3 Å². The van der Waals surface area contributed by atoms with E-state index in [0.29, 0.717) is 22.3 Å². The van der Waals surface area contributed by atoms with Crippen LogP contribution in [0.3, 0.4) is 0 Å². The zero-order valence-corrected chi connectivity index (χ0v) is 25.4. The van der Waals surface area contributed by atoms with Crippen LogP contribution in [0.4, 0.5) is 11.4 Å². The number of rotatable bonds is 6. The SMILES string of the molecule is O=C(O)c1ccc2c(c1)C(=O)N(c1ccc(C3(c4ccc(N5C(=O)c6ccc(C(=O)O)cc6C5=O)cc4)OC(=O)c4ccccc43)cc1)C2=O. The van der Waals surface area contributed by atoms with E-state index in [0.717, 1.165) is 21.9 Å². The number of hydrogen-bond donors (Lipinski definition) is 2. The molecule has 0 radical (unpaired) electrons. The molecule has 0 aliphatic carbocycles. The second-order valence-electron chi connectivity index (χ2n) is 11.7. The molecule has 0 saturated heterocycles. The summed E-state index contributed by atoms with van der Waals surface area (Å²) in [5.41, 5.74) is 0.440. The summed E-state index contributed by atoms with van der Waals surface area (Å²) >= 11 is 0. The van der Waals surface area contributed by atoms with Gasteiger partial charge in [0.15, 0.2) is 5.60 Å². The van der Waals surface area contributed by atoms with Crippen molar-refractivity contribution in [2.45, 2.75) is 5.60 Å². The maximum absolute atomic E-state index is 13.3. The molecule has 3 aliphatic rings. The van der Waals surface area contributed by atoms with E-state index < -0.39 is 47.1 Å². The van der Waals surface area contributed by atoms with Crippen LogP contribution in [0.1, 0.15) is 89.2 Å². The van der Waals surface area contributed by atoms with Gasteiger partial charge < -0.3 is 14.9 Å². The van der Waals surface area contributed by atoms with E-state index in [-0.39, 0.29) is 44.8 Å². The lowest BCUT2D eigenvalue weighted by Crippen LogP contribution is -2.32. The molecule has 0 atom stereocenters. The Balaban J connectivity index is 1.17. The van der Waals surface area contributed by atoms with Crippen molar-refractivity contribution in [3.05, 3.63) is 165 Å².